The fourth-order valence-corrected chi connectivity index (χ4v) is 4.47. The SMILES string of the molecule is CC(C)CCOC(=O)N1CCC(CN(C)c2cc(Nc3ccc(S(C)(=O)=O)cc3F)ncn2)CC1. The molecule has 1 fully saturated rings. The van der Waals surface area contributed by atoms with Gasteiger partial charge in [-0.2, -0.15) is 0 Å². The van der Waals surface area contributed by atoms with Crippen molar-refractivity contribution in [1.29, 1.82) is 0 Å². The van der Waals surface area contributed by atoms with Crippen molar-refractivity contribution in [2.45, 2.75) is 38.0 Å². The Kier molecular flexibility index (Phi) is 8.87. The Morgan fingerprint density at radius 1 is 1.26 bits per heavy atom. The standard InChI is InChI=1S/C24H34FN5O4S/c1-17(2)9-12-34-24(31)30-10-7-18(8-11-30)15-29(3)23-14-22(26-16-27-23)28-21-6-5-19(13-20(21)25)35(4,32)33/h5-6,13-14,16-18H,7-12,15H2,1-4H3,(H,26,27,28). The van der Waals surface area contributed by atoms with E-state index in [4.69, 9.17) is 4.74 Å². The van der Waals surface area contributed by atoms with Crippen LogP contribution in [0, 0.1) is 17.7 Å². The van der Waals surface area contributed by atoms with Crippen LogP contribution in [0.1, 0.15) is 33.1 Å². The molecule has 9 nitrogen and oxygen atoms in total. The van der Waals surface area contributed by atoms with Gasteiger partial charge in [0.15, 0.2) is 9.84 Å². The summed E-state index contributed by atoms with van der Waals surface area (Å²) in [5.41, 5.74) is 0.123. The highest BCUT2D eigenvalue weighted by atomic mass is 32.2. The lowest BCUT2D eigenvalue weighted by Crippen LogP contribution is -2.41. The molecule has 11 heteroatoms. The van der Waals surface area contributed by atoms with E-state index in [-0.39, 0.29) is 16.7 Å². The molecule has 1 saturated heterocycles. The predicted octanol–water partition coefficient (Wildman–Crippen LogP) is 4.09. The second-order valence-corrected chi connectivity index (χ2v) is 11.4. The molecule has 0 atom stereocenters. The Balaban J connectivity index is 1.53. The first kappa shape index (κ1) is 26.7. The number of hydrogen-bond donors (Lipinski definition) is 1. The molecule has 0 aliphatic carbocycles. The number of rotatable bonds is 9. The number of hydrogen-bond acceptors (Lipinski definition) is 8. The highest BCUT2D eigenvalue weighted by molar-refractivity contribution is 7.90. The van der Waals surface area contributed by atoms with E-state index in [1.54, 1.807) is 11.0 Å². The van der Waals surface area contributed by atoms with Crippen LogP contribution in [0.15, 0.2) is 35.5 Å². The first-order chi connectivity index (χ1) is 16.5. The average Bonchev–Trinajstić information content (AvgIpc) is 2.80. The highest BCUT2D eigenvalue weighted by Crippen LogP contribution is 2.25. The van der Waals surface area contributed by atoms with Gasteiger partial charge in [0, 0.05) is 39.0 Å². The molecule has 0 unspecified atom stereocenters. The first-order valence-corrected chi connectivity index (χ1v) is 13.6. The molecule has 2 aromatic rings. The van der Waals surface area contributed by atoms with Crippen molar-refractivity contribution in [1.82, 2.24) is 14.9 Å². The highest BCUT2D eigenvalue weighted by Gasteiger charge is 2.25. The Labute approximate surface area is 206 Å². The van der Waals surface area contributed by atoms with Gasteiger partial charge < -0.3 is 19.9 Å². The maximum absolute atomic E-state index is 14.4. The third-order valence-corrected chi connectivity index (χ3v) is 7.11. The van der Waals surface area contributed by atoms with E-state index in [1.165, 1.54) is 18.5 Å². The fraction of sp³-hybridized carbons (Fsp3) is 0.542. The molecule has 0 saturated carbocycles. The quantitative estimate of drug-likeness (QED) is 0.541. The Hall–Kier alpha value is -2.95. The van der Waals surface area contributed by atoms with Crippen LogP contribution in [0.2, 0.25) is 0 Å². The van der Waals surface area contributed by atoms with Gasteiger partial charge in [-0.3, -0.25) is 0 Å². The van der Waals surface area contributed by atoms with Gasteiger partial charge in [0.25, 0.3) is 0 Å². The van der Waals surface area contributed by atoms with E-state index < -0.39 is 15.7 Å². The summed E-state index contributed by atoms with van der Waals surface area (Å²) in [6.45, 7) is 6.74. The zero-order valence-electron chi connectivity index (χ0n) is 20.7. The number of carbonyl (C=O) groups excluding carboxylic acids is 1. The number of halogens is 1. The molecule has 1 N–H and O–H groups in total. The molecule has 2 heterocycles. The van der Waals surface area contributed by atoms with Crippen molar-refractivity contribution in [3.8, 4) is 0 Å². The third-order valence-electron chi connectivity index (χ3n) is 6.00. The Morgan fingerprint density at radius 2 is 1.97 bits per heavy atom. The number of aromatic nitrogens is 2. The molecule has 192 valence electrons. The molecule has 1 aliphatic rings. The summed E-state index contributed by atoms with van der Waals surface area (Å²) < 4.78 is 43.0. The van der Waals surface area contributed by atoms with E-state index in [1.807, 2.05) is 11.9 Å². The number of nitrogens with one attached hydrogen (secondary N) is 1. The van der Waals surface area contributed by atoms with Crippen LogP contribution in [0.4, 0.5) is 26.5 Å². The minimum atomic E-state index is -3.49. The van der Waals surface area contributed by atoms with Gasteiger partial charge in [-0.1, -0.05) is 13.8 Å². The minimum Gasteiger partial charge on any atom is -0.449 e. The number of likely N-dealkylation sites (tertiary alicyclic amines) is 1. The zero-order chi connectivity index (χ0) is 25.6. The number of piperidine rings is 1. The third kappa shape index (κ3) is 7.78. The molecule has 0 radical (unpaired) electrons. The van der Waals surface area contributed by atoms with Crippen LogP contribution in [0.3, 0.4) is 0 Å². The zero-order valence-corrected chi connectivity index (χ0v) is 21.5. The van der Waals surface area contributed by atoms with Crippen molar-refractivity contribution in [2.24, 2.45) is 11.8 Å². The summed E-state index contributed by atoms with van der Waals surface area (Å²) in [6, 6.07) is 5.42. The lowest BCUT2D eigenvalue weighted by molar-refractivity contribution is 0.0848. The van der Waals surface area contributed by atoms with E-state index in [9.17, 15) is 17.6 Å². The van der Waals surface area contributed by atoms with Gasteiger partial charge in [0.05, 0.1) is 17.2 Å². The van der Waals surface area contributed by atoms with Crippen molar-refractivity contribution in [2.75, 3.05) is 49.8 Å². The van der Waals surface area contributed by atoms with Gasteiger partial charge in [-0.05, 0) is 49.3 Å². The second kappa shape index (κ2) is 11.7. The van der Waals surface area contributed by atoms with E-state index in [2.05, 4.69) is 29.1 Å². The lowest BCUT2D eigenvalue weighted by atomic mass is 9.96. The maximum atomic E-state index is 14.4. The predicted molar refractivity (Wildman–Crippen MR) is 133 cm³/mol. The summed E-state index contributed by atoms with van der Waals surface area (Å²) in [5, 5.41) is 2.89. The summed E-state index contributed by atoms with van der Waals surface area (Å²) in [5.74, 6) is 1.28. The molecule has 35 heavy (non-hydrogen) atoms. The molecule has 1 aliphatic heterocycles. The van der Waals surface area contributed by atoms with Crippen LogP contribution in [-0.4, -0.2) is 68.9 Å². The number of benzene rings is 1. The van der Waals surface area contributed by atoms with Gasteiger partial charge in [-0.15, -0.1) is 0 Å². The van der Waals surface area contributed by atoms with Crippen molar-refractivity contribution in [3.63, 3.8) is 0 Å². The lowest BCUT2D eigenvalue weighted by Gasteiger charge is -2.33. The number of ether oxygens (including phenoxy) is 1. The summed E-state index contributed by atoms with van der Waals surface area (Å²) in [6.07, 6.45) is 4.80. The van der Waals surface area contributed by atoms with E-state index in [0.717, 1.165) is 38.1 Å². The number of anilines is 3. The molecule has 0 spiro atoms. The monoisotopic (exact) mass is 507 g/mol. The molecular weight excluding hydrogens is 473 g/mol. The molecule has 3 rings (SSSR count). The second-order valence-electron chi connectivity index (χ2n) is 9.41. The van der Waals surface area contributed by atoms with Crippen molar-refractivity contribution >= 4 is 33.3 Å². The van der Waals surface area contributed by atoms with E-state index in [0.29, 0.717) is 43.2 Å². The average molecular weight is 508 g/mol. The van der Waals surface area contributed by atoms with Gasteiger partial charge in [0.1, 0.15) is 23.8 Å². The number of sulfone groups is 1. The first-order valence-electron chi connectivity index (χ1n) is 11.7. The molecular formula is C24H34FN5O4S. The summed E-state index contributed by atoms with van der Waals surface area (Å²) in [7, 11) is -1.56. The summed E-state index contributed by atoms with van der Waals surface area (Å²) >= 11 is 0. The van der Waals surface area contributed by atoms with Crippen LogP contribution in [0.5, 0.6) is 0 Å². The molecule has 0 bridgehead atoms. The van der Waals surface area contributed by atoms with Crippen LogP contribution >= 0.6 is 0 Å². The number of amides is 1. The normalized spacial score (nSPS) is 14.7. The summed E-state index contributed by atoms with van der Waals surface area (Å²) in [4.78, 5) is 24.4. The fourth-order valence-electron chi connectivity index (χ4n) is 3.84. The van der Waals surface area contributed by atoms with E-state index >= 15 is 0 Å². The molecule has 1 aromatic heterocycles. The van der Waals surface area contributed by atoms with Crippen molar-refractivity contribution < 1.29 is 22.3 Å². The van der Waals surface area contributed by atoms with Crippen LogP contribution in [0.25, 0.3) is 0 Å². The van der Waals surface area contributed by atoms with Crippen molar-refractivity contribution in [3.05, 3.63) is 36.4 Å². The smallest absolute Gasteiger partial charge is 0.409 e. The Morgan fingerprint density at radius 3 is 2.60 bits per heavy atom. The van der Waals surface area contributed by atoms with Gasteiger partial charge >= 0.3 is 6.09 Å². The van der Waals surface area contributed by atoms with Gasteiger partial charge in [-0.25, -0.2) is 27.6 Å². The number of nitrogens with zero attached hydrogens (tertiary/aromatic N) is 4. The largest absolute Gasteiger partial charge is 0.449 e. The topological polar surface area (TPSA) is 105 Å². The number of carbonyl (C=O) groups is 1. The maximum Gasteiger partial charge on any atom is 0.409 e. The molecule has 1 aromatic carbocycles. The van der Waals surface area contributed by atoms with Crippen LogP contribution in [-0.2, 0) is 14.6 Å². The van der Waals surface area contributed by atoms with Gasteiger partial charge in [0.2, 0.25) is 0 Å². The Bertz CT molecular complexity index is 1120. The minimum absolute atomic E-state index is 0.0847. The molecule has 1 amide bonds. The van der Waals surface area contributed by atoms with Crippen LogP contribution < -0.4 is 10.2 Å².